The number of imide groups is 2. The maximum Gasteiger partial charge on any atom is 0.335 e. The van der Waals surface area contributed by atoms with Crippen molar-refractivity contribution in [3.05, 3.63) is 59.9 Å². The molecule has 3 heterocycles. The molecule has 7 heteroatoms. The number of amides is 4. The minimum atomic E-state index is -1.51. The number of hydrogen-bond acceptors (Lipinski definition) is 4. The second kappa shape index (κ2) is 6.90. The Morgan fingerprint density at radius 3 is 2.52 bits per heavy atom. The number of benzene rings is 2. The maximum atomic E-state index is 15.0. The van der Waals surface area contributed by atoms with Crippen LogP contribution in [0.25, 0.3) is 0 Å². The lowest BCUT2D eigenvalue weighted by molar-refractivity contribution is -0.146. The summed E-state index contributed by atoms with van der Waals surface area (Å²) in [5.74, 6) is -1.25. The highest BCUT2D eigenvalue weighted by Gasteiger charge is 2.64. The molecule has 0 radical (unpaired) electrons. The number of anilines is 2. The number of nitrogens with zero attached hydrogens (tertiary/aromatic N) is 2. The fraction of sp³-hybridized carbons (Fsp3) is 0.375. The first-order valence-electron chi connectivity index (χ1n) is 10.6. The van der Waals surface area contributed by atoms with Gasteiger partial charge in [-0.15, -0.1) is 0 Å². The van der Waals surface area contributed by atoms with Crippen LogP contribution >= 0.6 is 0 Å². The molecule has 3 aliphatic heterocycles. The van der Waals surface area contributed by atoms with E-state index in [0.717, 1.165) is 11.3 Å². The van der Waals surface area contributed by atoms with E-state index in [4.69, 9.17) is 0 Å². The fourth-order valence-corrected chi connectivity index (χ4v) is 5.89. The summed E-state index contributed by atoms with van der Waals surface area (Å²) in [5, 5.41) is 2.44. The number of hydrogen-bond donors (Lipinski definition) is 1. The van der Waals surface area contributed by atoms with E-state index in [0.29, 0.717) is 23.5 Å². The van der Waals surface area contributed by atoms with Crippen molar-refractivity contribution >= 4 is 29.2 Å². The van der Waals surface area contributed by atoms with Crippen LogP contribution in [0.5, 0.6) is 0 Å². The highest BCUT2D eigenvalue weighted by atomic mass is 19.1. The minimum Gasteiger partial charge on any atom is -0.364 e. The summed E-state index contributed by atoms with van der Waals surface area (Å²) < 4.78 is 15.0. The van der Waals surface area contributed by atoms with Gasteiger partial charge in [0.2, 0.25) is 5.91 Å². The van der Waals surface area contributed by atoms with Gasteiger partial charge in [-0.2, -0.15) is 0 Å². The van der Waals surface area contributed by atoms with E-state index in [9.17, 15) is 18.8 Å². The van der Waals surface area contributed by atoms with Gasteiger partial charge in [-0.05, 0) is 48.4 Å². The van der Waals surface area contributed by atoms with E-state index in [-0.39, 0.29) is 24.1 Å². The number of piperidine rings is 1. The Bertz CT molecular complexity index is 1090. The number of halogens is 1. The molecule has 0 unspecified atom stereocenters. The third-order valence-electron chi connectivity index (χ3n) is 6.92. The van der Waals surface area contributed by atoms with E-state index in [1.165, 1.54) is 6.07 Å². The number of nitrogens with one attached hydrogen (secondary N) is 1. The zero-order valence-electron chi connectivity index (χ0n) is 17.5. The van der Waals surface area contributed by atoms with Crippen LogP contribution in [0.1, 0.15) is 25.8 Å². The van der Waals surface area contributed by atoms with Crippen molar-refractivity contribution in [3.63, 3.8) is 0 Å². The van der Waals surface area contributed by atoms with Crippen LogP contribution in [0.15, 0.2) is 48.5 Å². The van der Waals surface area contributed by atoms with Crippen molar-refractivity contribution in [3.8, 4) is 0 Å². The number of urea groups is 1. The summed E-state index contributed by atoms with van der Waals surface area (Å²) in [6.45, 7) is 4.65. The topological polar surface area (TPSA) is 69.7 Å². The normalized spacial score (nSPS) is 30.2. The van der Waals surface area contributed by atoms with Gasteiger partial charge in [0.25, 0.3) is 5.91 Å². The van der Waals surface area contributed by atoms with Crippen molar-refractivity contribution < 1.29 is 18.8 Å². The van der Waals surface area contributed by atoms with E-state index >= 15 is 0 Å². The lowest BCUT2D eigenvalue weighted by atomic mass is 9.62. The van der Waals surface area contributed by atoms with Crippen LogP contribution < -0.4 is 15.1 Å². The van der Waals surface area contributed by atoms with E-state index in [2.05, 4.69) is 12.2 Å². The number of rotatable bonds is 1. The molecule has 2 saturated heterocycles. The fourth-order valence-electron chi connectivity index (χ4n) is 5.89. The largest absolute Gasteiger partial charge is 0.364 e. The molecule has 1 N–H and O–H groups in total. The van der Waals surface area contributed by atoms with E-state index < -0.39 is 29.3 Å². The second-order valence-electron chi connectivity index (χ2n) is 9.05. The minimum absolute atomic E-state index is 0.0444. The number of barbiturate groups is 1. The van der Waals surface area contributed by atoms with Crippen molar-refractivity contribution in [2.24, 2.45) is 17.3 Å². The molecule has 0 aromatic heterocycles. The lowest BCUT2D eigenvalue weighted by Gasteiger charge is -2.56. The molecule has 3 aliphatic rings. The SMILES string of the molecule is C[C@H]1C[C@H](C)[C@H]2N(C1)c1c(F)cccc1C[C@@]21C(=O)NC(=O)N(c2ccccc2)C1=O. The van der Waals surface area contributed by atoms with Crippen molar-refractivity contribution in [2.75, 3.05) is 16.3 Å². The number of carbonyl (C=O) groups excluding carboxylic acids is 3. The van der Waals surface area contributed by atoms with E-state index in [1.807, 2.05) is 11.8 Å². The first-order chi connectivity index (χ1) is 14.8. The highest BCUT2D eigenvalue weighted by Crippen LogP contribution is 2.51. The molecule has 160 valence electrons. The monoisotopic (exact) mass is 421 g/mol. The summed E-state index contributed by atoms with van der Waals surface area (Å²) in [4.78, 5) is 43.2. The van der Waals surface area contributed by atoms with Crippen molar-refractivity contribution in [2.45, 2.75) is 32.7 Å². The molecule has 2 aromatic carbocycles. The zero-order valence-corrected chi connectivity index (χ0v) is 17.5. The molecule has 4 atom stereocenters. The molecule has 1 spiro atoms. The third-order valence-corrected chi connectivity index (χ3v) is 6.92. The Labute approximate surface area is 180 Å². The molecule has 6 nitrogen and oxygen atoms in total. The van der Waals surface area contributed by atoms with Gasteiger partial charge in [-0.1, -0.05) is 44.2 Å². The quantitative estimate of drug-likeness (QED) is 0.716. The average molecular weight is 421 g/mol. The first kappa shape index (κ1) is 19.7. The van der Waals surface area contributed by atoms with E-state index in [1.54, 1.807) is 42.5 Å². The van der Waals surface area contributed by atoms with Gasteiger partial charge in [0, 0.05) is 6.54 Å². The molecule has 4 amide bonds. The van der Waals surface area contributed by atoms with Crippen LogP contribution in [0.2, 0.25) is 0 Å². The Hall–Kier alpha value is -3.22. The highest BCUT2D eigenvalue weighted by molar-refractivity contribution is 6.30. The van der Waals surface area contributed by atoms with Gasteiger partial charge in [-0.3, -0.25) is 14.9 Å². The van der Waals surface area contributed by atoms with Crippen LogP contribution in [-0.4, -0.2) is 30.4 Å². The summed E-state index contributed by atoms with van der Waals surface area (Å²) >= 11 is 0. The van der Waals surface area contributed by atoms with Gasteiger partial charge in [0.1, 0.15) is 5.82 Å². The van der Waals surface area contributed by atoms with Gasteiger partial charge in [0.05, 0.1) is 17.4 Å². The molecule has 5 rings (SSSR count). The summed E-state index contributed by atoms with van der Waals surface area (Å²) in [6, 6.07) is 12.1. The van der Waals surface area contributed by atoms with Crippen LogP contribution in [-0.2, 0) is 16.0 Å². The number of para-hydroxylation sites is 2. The van der Waals surface area contributed by atoms with Crippen LogP contribution in [0, 0.1) is 23.1 Å². The zero-order chi connectivity index (χ0) is 21.9. The average Bonchev–Trinajstić information content (AvgIpc) is 2.72. The summed E-state index contributed by atoms with van der Waals surface area (Å²) in [7, 11) is 0. The Balaban J connectivity index is 1.72. The molecule has 2 fully saturated rings. The molecular weight excluding hydrogens is 397 g/mol. The molecule has 0 aliphatic carbocycles. The van der Waals surface area contributed by atoms with Gasteiger partial charge in [-0.25, -0.2) is 14.1 Å². The Morgan fingerprint density at radius 1 is 1.03 bits per heavy atom. The standard InChI is InChI=1S/C24H24FN3O3/c1-14-11-15(2)20-24(12-16-7-6-10-18(25)19(16)27(20)13-14)21(29)26-23(31)28(22(24)30)17-8-4-3-5-9-17/h3-10,14-15,20H,11-13H2,1-2H3,(H,26,29,31)/t14-,15-,20+,24-/m0/s1. The third kappa shape index (κ3) is 2.72. The van der Waals surface area contributed by atoms with Crippen molar-refractivity contribution in [1.82, 2.24) is 5.32 Å². The van der Waals surface area contributed by atoms with Crippen LogP contribution in [0.4, 0.5) is 20.6 Å². The van der Waals surface area contributed by atoms with Gasteiger partial charge >= 0.3 is 6.03 Å². The summed E-state index contributed by atoms with van der Waals surface area (Å²) in [5.41, 5.74) is -0.0154. The molecule has 2 aromatic rings. The summed E-state index contributed by atoms with van der Waals surface area (Å²) in [6.07, 6.45) is 0.869. The Kier molecular flexibility index (Phi) is 4.39. The lowest BCUT2D eigenvalue weighted by Crippen LogP contribution is -2.74. The Morgan fingerprint density at radius 2 is 1.77 bits per heavy atom. The predicted molar refractivity (Wildman–Crippen MR) is 114 cm³/mol. The molecule has 0 bridgehead atoms. The molecule has 31 heavy (non-hydrogen) atoms. The maximum absolute atomic E-state index is 15.0. The molecular formula is C24H24FN3O3. The first-order valence-corrected chi connectivity index (χ1v) is 10.6. The number of carbonyl (C=O) groups is 3. The van der Waals surface area contributed by atoms with Crippen LogP contribution in [0.3, 0.4) is 0 Å². The van der Waals surface area contributed by atoms with Gasteiger partial charge < -0.3 is 4.90 Å². The molecule has 0 saturated carbocycles. The number of fused-ring (bicyclic) bond motifs is 4. The second-order valence-corrected chi connectivity index (χ2v) is 9.05. The smallest absolute Gasteiger partial charge is 0.335 e. The van der Waals surface area contributed by atoms with Crippen molar-refractivity contribution in [1.29, 1.82) is 0 Å². The predicted octanol–water partition coefficient (Wildman–Crippen LogP) is 3.50. The van der Waals surface area contributed by atoms with Gasteiger partial charge in [0.15, 0.2) is 5.41 Å².